The van der Waals surface area contributed by atoms with E-state index in [0.29, 0.717) is 13.1 Å². The number of para-hydroxylation sites is 1. The van der Waals surface area contributed by atoms with Gasteiger partial charge in [0.05, 0.1) is 5.69 Å². The summed E-state index contributed by atoms with van der Waals surface area (Å²) in [5.74, 6) is 0. The molecule has 1 heterocycles. The van der Waals surface area contributed by atoms with Gasteiger partial charge in [-0.3, -0.25) is 5.43 Å². The van der Waals surface area contributed by atoms with Gasteiger partial charge in [-0.05, 0) is 25.0 Å². The van der Waals surface area contributed by atoms with E-state index >= 15 is 0 Å². The Morgan fingerprint density at radius 2 is 1.81 bits per heavy atom. The van der Waals surface area contributed by atoms with Crippen LogP contribution in [-0.4, -0.2) is 31.5 Å². The summed E-state index contributed by atoms with van der Waals surface area (Å²) in [4.78, 5) is 0.0888. The van der Waals surface area contributed by atoms with Crippen molar-refractivity contribution < 1.29 is 8.42 Å². The Balaban J connectivity index is 2.36. The van der Waals surface area contributed by atoms with Crippen molar-refractivity contribution in [3.05, 3.63) is 24.3 Å². The molecule has 1 aromatic rings. The van der Waals surface area contributed by atoms with Gasteiger partial charge in [0.1, 0.15) is 17.0 Å². The lowest BCUT2D eigenvalue weighted by atomic mass is 10.3. The molecular weight excluding hydrogens is 290 g/mol. The van der Waals surface area contributed by atoms with Gasteiger partial charge in [-0.1, -0.05) is 12.1 Å². The van der Waals surface area contributed by atoms with Crippen LogP contribution in [0.1, 0.15) is 12.8 Å². The summed E-state index contributed by atoms with van der Waals surface area (Å²) in [6, 6.07) is 9.49. The second-order valence-electron chi connectivity index (χ2n) is 4.40. The molecule has 2 rings (SSSR count). The number of nitrogens with one attached hydrogen (secondary N) is 1. The number of hydrazone groups is 1. The van der Waals surface area contributed by atoms with Crippen molar-refractivity contribution >= 4 is 21.4 Å². The van der Waals surface area contributed by atoms with Crippen LogP contribution < -0.4 is 5.43 Å². The first-order valence-corrected chi connectivity index (χ1v) is 7.76. The largest absolute Gasteiger partial charge is 0.275 e. The van der Waals surface area contributed by atoms with Crippen LogP contribution in [-0.2, 0) is 10.0 Å². The summed E-state index contributed by atoms with van der Waals surface area (Å²) in [7, 11) is -3.59. The zero-order valence-corrected chi connectivity index (χ0v) is 12.0. The molecule has 8 heteroatoms. The van der Waals surface area contributed by atoms with Crippen molar-refractivity contribution in [1.82, 2.24) is 4.31 Å². The highest BCUT2D eigenvalue weighted by Crippen LogP contribution is 2.26. The van der Waals surface area contributed by atoms with Crippen LogP contribution in [0.4, 0.5) is 5.69 Å². The Kier molecular flexibility index (Phi) is 4.53. The quantitative estimate of drug-likeness (QED) is 0.665. The molecule has 1 fully saturated rings. The van der Waals surface area contributed by atoms with E-state index in [0.717, 1.165) is 12.8 Å². The van der Waals surface area contributed by atoms with Crippen LogP contribution in [0.2, 0.25) is 0 Å². The van der Waals surface area contributed by atoms with Gasteiger partial charge in [0.2, 0.25) is 15.7 Å². The maximum absolute atomic E-state index is 12.5. The number of rotatable bonds is 4. The monoisotopic (exact) mass is 303 g/mol. The molecule has 1 saturated heterocycles. The van der Waals surface area contributed by atoms with E-state index in [1.165, 1.54) is 10.4 Å². The van der Waals surface area contributed by atoms with Gasteiger partial charge in [-0.25, -0.2) is 8.42 Å². The zero-order valence-electron chi connectivity index (χ0n) is 11.2. The van der Waals surface area contributed by atoms with Gasteiger partial charge in [0.15, 0.2) is 0 Å². The number of nitrogens with zero attached hydrogens (tertiary/aromatic N) is 4. The van der Waals surface area contributed by atoms with Crippen LogP contribution in [0.5, 0.6) is 0 Å². The van der Waals surface area contributed by atoms with Crippen LogP contribution in [0.15, 0.2) is 34.3 Å². The Hall–Kier alpha value is -2.42. The predicted molar refractivity (Wildman–Crippen MR) is 76.7 cm³/mol. The molecule has 0 spiro atoms. The summed E-state index contributed by atoms with van der Waals surface area (Å²) in [6.07, 6.45) is 1.69. The van der Waals surface area contributed by atoms with Gasteiger partial charge in [0.25, 0.3) is 0 Å². The lowest BCUT2D eigenvalue weighted by Crippen LogP contribution is -2.28. The molecule has 1 aliphatic heterocycles. The van der Waals surface area contributed by atoms with Gasteiger partial charge in [-0.2, -0.15) is 19.9 Å². The molecule has 0 unspecified atom stereocenters. The third kappa shape index (κ3) is 3.19. The molecule has 0 bridgehead atoms. The maximum atomic E-state index is 12.5. The van der Waals surface area contributed by atoms with Crippen LogP contribution in [0.3, 0.4) is 0 Å². The molecule has 108 valence electrons. The van der Waals surface area contributed by atoms with Crippen molar-refractivity contribution in [1.29, 1.82) is 10.5 Å². The van der Waals surface area contributed by atoms with E-state index in [9.17, 15) is 8.42 Å². The Labute approximate surface area is 123 Å². The standard InChI is InChI=1S/C13H13N5O2S/c14-9-11(10-15)16-17-12-5-1-2-6-13(12)21(19,20)18-7-3-4-8-18/h1-2,5-6,17H,3-4,7-8H2. The highest BCUT2D eigenvalue weighted by molar-refractivity contribution is 7.89. The fraction of sp³-hybridized carbons (Fsp3) is 0.308. The van der Waals surface area contributed by atoms with Gasteiger partial charge < -0.3 is 0 Å². The molecule has 7 nitrogen and oxygen atoms in total. The molecule has 0 radical (unpaired) electrons. The first-order chi connectivity index (χ1) is 10.1. The van der Waals surface area contributed by atoms with Crippen LogP contribution >= 0.6 is 0 Å². The SMILES string of the molecule is N#CC(C#N)=NNc1ccccc1S(=O)(=O)N1CCCC1. The molecule has 1 N–H and O–H groups in total. The van der Waals surface area contributed by atoms with Crippen LogP contribution in [0.25, 0.3) is 0 Å². The summed E-state index contributed by atoms with van der Waals surface area (Å²) < 4.78 is 26.5. The molecule has 21 heavy (non-hydrogen) atoms. The number of hydrogen-bond acceptors (Lipinski definition) is 6. The average Bonchev–Trinajstić information content (AvgIpc) is 3.03. The van der Waals surface area contributed by atoms with Gasteiger partial charge >= 0.3 is 0 Å². The van der Waals surface area contributed by atoms with Crippen molar-refractivity contribution in [3.63, 3.8) is 0 Å². The molecule has 1 aliphatic rings. The second kappa shape index (κ2) is 6.35. The minimum absolute atomic E-state index is 0.0888. The molecule has 1 aromatic carbocycles. The lowest BCUT2D eigenvalue weighted by molar-refractivity contribution is 0.478. The summed E-state index contributed by atoms with van der Waals surface area (Å²) in [5, 5.41) is 20.9. The average molecular weight is 303 g/mol. The number of sulfonamides is 1. The third-order valence-electron chi connectivity index (χ3n) is 3.07. The first kappa shape index (κ1) is 15.0. The van der Waals surface area contributed by atoms with E-state index in [-0.39, 0.29) is 16.3 Å². The summed E-state index contributed by atoms with van der Waals surface area (Å²) >= 11 is 0. The molecular formula is C13H13N5O2S. The molecule has 0 saturated carbocycles. The van der Waals surface area contributed by atoms with Gasteiger partial charge in [-0.15, -0.1) is 0 Å². The number of anilines is 1. The van der Waals surface area contributed by atoms with Crippen molar-refractivity contribution in [2.24, 2.45) is 5.10 Å². The minimum Gasteiger partial charge on any atom is -0.275 e. The topological polar surface area (TPSA) is 109 Å². The van der Waals surface area contributed by atoms with E-state index in [1.807, 2.05) is 0 Å². The Bertz CT molecular complexity index is 721. The molecule has 0 amide bonds. The van der Waals surface area contributed by atoms with Gasteiger partial charge in [0, 0.05) is 13.1 Å². The molecule has 0 aromatic heterocycles. The summed E-state index contributed by atoms with van der Waals surface area (Å²) in [6.45, 7) is 1.00. The lowest BCUT2D eigenvalue weighted by Gasteiger charge is -2.17. The number of hydrogen-bond donors (Lipinski definition) is 1. The normalized spacial score (nSPS) is 15.0. The second-order valence-corrected chi connectivity index (χ2v) is 6.31. The van der Waals surface area contributed by atoms with E-state index in [4.69, 9.17) is 10.5 Å². The predicted octanol–water partition coefficient (Wildman–Crippen LogP) is 1.29. The first-order valence-electron chi connectivity index (χ1n) is 6.32. The smallest absolute Gasteiger partial charge is 0.245 e. The highest BCUT2D eigenvalue weighted by Gasteiger charge is 2.29. The summed E-state index contributed by atoms with van der Waals surface area (Å²) in [5.41, 5.74) is 2.35. The van der Waals surface area contributed by atoms with Crippen molar-refractivity contribution in [2.75, 3.05) is 18.5 Å². The van der Waals surface area contributed by atoms with E-state index in [1.54, 1.807) is 30.3 Å². The minimum atomic E-state index is -3.59. The highest BCUT2D eigenvalue weighted by atomic mass is 32.2. The molecule has 0 atom stereocenters. The Morgan fingerprint density at radius 1 is 1.19 bits per heavy atom. The number of benzene rings is 1. The van der Waals surface area contributed by atoms with Crippen LogP contribution in [0, 0.1) is 22.7 Å². The molecule has 0 aliphatic carbocycles. The Morgan fingerprint density at radius 3 is 2.43 bits per heavy atom. The van der Waals surface area contributed by atoms with E-state index < -0.39 is 10.0 Å². The fourth-order valence-electron chi connectivity index (χ4n) is 2.04. The zero-order chi connectivity index (χ0) is 15.3. The maximum Gasteiger partial charge on any atom is 0.245 e. The van der Waals surface area contributed by atoms with E-state index in [2.05, 4.69) is 10.5 Å². The number of nitriles is 2. The van der Waals surface area contributed by atoms with Crippen molar-refractivity contribution in [3.8, 4) is 12.1 Å². The van der Waals surface area contributed by atoms with Crippen molar-refractivity contribution in [2.45, 2.75) is 17.7 Å². The third-order valence-corrected chi connectivity index (χ3v) is 5.03. The fourth-order valence-corrected chi connectivity index (χ4v) is 3.70.